The molecule has 7 nitrogen and oxygen atoms in total. The fourth-order valence-electron chi connectivity index (χ4n) is 1.03. The Kier molecular flexibility index (Phi) is 11.9. The third-order valence-corrected chi connectivity index (χ3v) is 4.24. The van der Waals surface area contributed by atoms with Gasteiger partial charge in [-0.3, -0.25) is 4.55 Å². The Hall–Kier alpha value is 1.23. The summed E-state index contributed by atoms with van der Waals surface area (Å²) in [6.07, 6.45) is 0. The molecular formula is C8H20N4Na2O3SSi. The van der Waals surface area contributed by atoms with Crippen molar-refractivity contribution in [2.24, 2.45) is 0 Å². The zero-order valence-corrected chi connectivity index (χ0v) is 18.0. The molecule has 1 rings (SSSR count). The number of nitrogens with two attached hydrogens (primary N) is 1. The molecule has 1 atom stereocenters. The van der Waals surface area contributed by atoms with Gasteiger partial charge in [0.25, 0.3) is 5.16 Å². The molecule has 11 heteroatoms. The Labute approximate surface area is 163 Å². The minimum Gasteiger partial charge on any atom is -1.00 e. The van der Waals surface area contributed by atoms with E-state index in [2.05, 4.69) is 29.7 Å². The summed E-state index contributed by atoms with van der Waals surface area (Å²) < 4.78 is 26.2. The van der Waals surface area contributed by atoms with Gasteiger partial charge in [-0.2, -0.15) is 4.98 Å². The number of rotatable bonds is 6. The maximum Gasteiger partial charge on any atom is 1.00 e. The molecular weight excluding hydrogens is 306 g/mol. The largest absolute Gasteiger partial charge is 1.00 e. The normalized spacial score (nSPS) is 12.4. The molecule has 0 amide bonds. The number of nitrogen functional groups attached to an aromatic ring is 1. The molecule has 0 fully saturated rings. The molecule has 1 heterocycles. The van der Waals surface area contributed by atoms with Crippen LogP contribution in [0, 0.1) is 0 Å². The van der Waals surface area contributed by atoms with Crippen LogP contribution in [-0.4, -0.2) is 38.2 Å². The Morgan fingerprint density at radius 1 is 1.47 bits per heavy atom. The van der Waals surface area contributed by atoms with E-state index < -0.39 is 19.2 Å². The van der Waals surface area contributed by atoms with Crippen molar-refractivity contribution in [3.63, 3.8) is 0 Å². The van der Waals surface area contributed by atoms with Crippen LogP contribution in [0.4, 0.5) is 5.95 Å². The summed E-state index contributed by atoms with van der Waals surface area (Å²) in [4.78, 5) is 3.65. The van der Waals surface area contributed by atoms with E-state index in [1.807, 2.05) is 0 Å². The predicted molar refractivity (Wildman–Crippen MR) is 69.8 cm³/mol. The minimum absolute atomic E-state index is 0. The maximum atomic E-state index is 10.7. The van der Waals surface area contributed by atoms with Crippen LogP contribution in [0.15, 0.2) is 5.16 Å². The van der Waals surface area contributed by atoms with E-state index in [1.165, 1.54) is 4.68 Å². The number of anilines is 1. The number of hydrogen-bond donors (Lipinski definition) is 2. The standard InChI is InChI=1S/C8H18N4O3SSi.2Na.2H/c1-17(2,3)5-4-15-6-12-7(9)10-8(11-12)16(13)14;;;;/h4-6H2,1-3H3,(H,13,14)(H2,9,10,11);;;;/q;2*+1;2*-1. The first-order chi connectivity index (χ1) is 7.79. The SMILES string of the molecule is C[Si](C)(C)CCOCn1nc(S(=O)O)nc1N.[H-].[H-].[Na+].[Na+]. The van der Waals surface area contributed by atoms with E-state index >= 15 is 0 Å². The second kappa shape index (κ2) is 10.0. The Morgan fingerprint density at radius 2 is 2.05 bits per heavy atom. The van der Waals surface area contributed by atoms with Crippen molar-refractivity contribution in [1.29, 1.82) is 0 Å². The van der Waals surface area contributed by atoms with Gasteiger partial charge in [-0.05, 0) is 6.04 Å². The molecule has 102 valence electrons. The van der Waals surface area contributed by atoms with E-state index in [-0.39, 0.29) is 79.8 Å². The van der Waals surface area contributed by atoms with Crippen LogP contribution in [0.2, 0.25) is 25.7 Å². The van der Waals surface area contributed by atoms with Crippen molar-refractivity contribution >= 4 is 25.1 Å². The quantitative estimate of drug-likeness (QED) is 0.308. The van der Waals surface area contributed by atoms with Crippen LogP contribution in [0.5, 0.6) is 0 Å². The molecule has 19 heavy (non-hydrogen) atoms. The van der Waals surface area contributed by atoms with Gasteiger partial charge >= 0.3 is 59.1 Å². The molecule has 0 aromatic carbocycles. The van der Waals surface area contributed by atoms with E-state index in [1.54, 1.807) is 0 Å². The maximum absolute atomic E-state index is 10.7. The molecule has 0 aliphatic heterocycles. The van der Waals surface area contributed by atoms with E-state index in [9.17, 15) is 4.21 Å². The summed E-state index contributed by atoms with van der Waals surface area (Å²) in [7, 11) is -1.11. The first-order valence-electron chi connectivity index (χ1n) is 5.18. The van der Waals surface area contributed by atoms with Crippen LogP contribution >= 0.6 is 0 Å². The summed E-state index contributed by atoms with van der Waals surface area (Å²) in [5, 5.41) is 3.56. The van der Waals surface area contributed by atoms with Gasteiger partial charge in [0.15, 0.2) is 0 Å². The van der Waals surface area contributed by atoms with Crippen molar-refractivity contribution in [3.05, 3.63) is 0 Å². The smallest absolute Gasteiger partial charge is 1.00 e. The Balaban J connectivity index is -0.000000361. The summed E-state index contributed by atoms with van der Waals surface area (Å²) in [5.41, 5.74) is 5.52. The predicted octanol–water partition coefficient (Wildman–Crippen LogP) is -5.01. The van der Waals surface area contributed by atoms with Gasteiger partial charge in [0.1, 0.15) is 6.73 Å². The molecule has 0 saturated heterocycles. The number of nitrogens with zero attached hydrogens (tertiary/aromatic N) is 3. The zero-order valence-electron chi connectivity index (χ0n) is 14.2. The average Bonchev–Trinajstić information content (AvgIpc) is 2.54. The van der Waals surface area contributed by atoms with Crippen molar-refractivity contribution in [2.45, 2.75) is 37.6 Å². The number of hydrogen-bond acceptors (Lipinski definition) is 5. The minimum atomic E-state index is -2.21. The molecule has 1 unspecified atom stereocenters. The van der Waals surface area contributed by atoms with Gasteiger partial charge in [0, 0.05) is 14.7 Å². The molecule has 0 spiro atoms. The third-order valence-electron chi connectivity index (χ3n) is 2.05. The molecule has 0 bridgehead atoms. The summed E-state index contributed by atoms with van der Waals surface area (Å²) in [6, 6.07) is 1.04. The van der Waals surface area contributed by atoms with Crippen LogP contribution in [0.3, 0.4) is 0 Å². The second-order valence-electron chi connectivity index (χ2n) is 4.85. The third kappa shape index (κ3) is 8.97. The molecule has 1 aromatic heterocycles. The summed E-state index contributed by atoms with van der Waals surface area (Å²) in [6.45, 7) is 7.56. The van der Waals surface area contributed by atoms with E-state index in [0.29, 0.717) is 6.61 Å². The monoisotopic (exact) mass is 326 g/mol. The number of aromatic nitrogens is 3. The number of ether oxygens (including phenoxy) is 1. The Bertz CT molecular complexity index is 423. The molecule has 0 aliphatic carbocycles. The first kappa shape index (κ1) is 22.5. The van der Waals surface area contributed by atoms with Gasteiger partial charge < -0.3 is 13.3 Å². The van der Waals surface area contributed by atoms with Gasteiger partial charge in [0.05, 0.1) is 0 Å². The van der Waals surface area contributed by atoms with Crippen LogP contribution < -0.4 is 64.8 Å². The molecule has 0 aliphatic rings. The van der Waals surface area contributed by atoms with Gasteiger partial charge in [-0.25, -0.2) is 8.89 Å². The second-order valence-corrected chi connectivity index (χ2v) is 11.3. The van der Waals surface area contributed by atoms with Crippen molar-refractivity contribution in [3.8, 4) is 0 Å². The molecule has 0 saturated carbocycles. The van der Waals surface area contributed by atoms with E-state index in [0.717, 1.165) is 6.04 Å². The Morgan fingerprint density at radius 3 is 2.47 bits per heavy atom. The van der Waals surface area contributed by atoms with Gasteiger partial charge in [0.2, 0.25) is 17.0 Å². The summed E-state index contributed by atoms with van der Waals surface area (Å²) >= 11 is -2.21. The van der Waals surface area contributed by atoms with Crippen molar-refractivity contribution < 1.29 is 75.5 Å². The van der Waals surface area contributed by atoms with Crippen LogP contribution in [-0.2, 0) is 22.5 Å². The fraction of sp³-hybridized carbons (Fsp3) is 0.750. The fourth-order valence-corrected chi connectivity index (χ4v) is 2.13. The van der Waals surface area contributed by atoms with Gasteiger partial charge in [-0.1, -0.05) is 19.6 Å². The molecule has 1 aromatic rings. The molecule has 3 N–H and O–H groups in total. The van der Waals surface area contributed by atoms with Gasteiger partial charge in [-0.15, -0.1) is 5.10 Å². The topological polar surface area (TPSA) is 103 Å². The van der Waals surface area contributed by atoms with E-state index in [4.69, 9.17) is 15.0 Å². The first-order valence-corrected chi connectivity index (χ1v) is 10.00. The van der Waals surface area contributed by atoms with Crippen molar-refractivity contribution in [2.75, 3.05) is 12.3 Å². The zero-order chi connectivity index (χ0) is 13.1. The average molecular weight is 326 g/mol. The summed E-state index contributed by atoms with van der Waals surface area (Å²) in [5.74, 6) is 0.0791. The van der Waals surface area contributed by atoms with Crippen LogP contribution in [0.25, 0.3) is 0 Å². The van der Waals surface area contributed by atoms with Crippen LogP contribution in [0.1, 0.15) is 2.85 Å². The molecule has 0 radical (unpaired) electrons. The van der Waals surface area contributed by atoms with Crippen molar-refractivity contribution in [1.82, 2.24) is 14.8 Å².